The van der Waals surface area contributed by atoms with Crippen molar-refractivity contribution in [2.24, 2.45) is 5.92 Å². The number of nitrogens with one attached hydrogen (secondary N) is 1. The zero-order valence-corrected chi connectivity index (χ0v) is 13.2. The van der Waals surface area contributed by atoms with E-state index in [1.54, 1.807) is 0 Å². The molecule has 3 aliphatic rings. The number of carbonyl (C=O) groups is 2. The number of nitrogens with zero attached hydrogens (tertiary/aromatic N) is 3. The molecule has 0 aromatic carbocycles. The SMILES string of the molecule is O=C1NC(C2CCCOC2)C(=O)N1Cc1cn2c(n1)CCCC2. The molecule has 1 aromatic heterocycles. The van der Waals surface area contributed by atoms with Crippen molar-refractivity contribution in [3.8, 4) is 0 Å². The van der Waals surface area contributed by atoms with Crippen LogP contribution in [0.25, 0.3) is 0 Å². The number of urea groups is 1. The zero-order chi connectivity index (χ0) is 15.8. The number of rotatable bonds is 3. The fourth-order valence-electron chi connectivity index (χ4n) is 3.75. The number of ether oxygens (including phenoxy) is 1. The molecule has 4 heterocycles. The van der Waals surface area contributed by atoms with Gasteiger partial charge in [0.25, 0.3) is 5.91 Å². The van der Waals surface area contributed by atoms with Gasteiger partial charge in [0, 0.05) is 31.7 Å². The van der Waals surface area contributed by atoms with E-state index >= 15 is 0 Å². The molecule has 2 saturated heterocycles. The summed E-state index contributed by atoms with van der Waals surface area (Å²) in [5, 5.41) is 2.83. The maximum atomic E-state index is 12.6. The third-order valence-corrected chi connectivity index (χ3v) is 5.00. The summed E-state index contributed by atoms with van der Waals surface area (Å²) < 4.78 is 7.59. The first-order chi connectivity index (χ1) is 11.2. The highest BCUT2D eigenvalue weighted by Crippen LogP contribution is 2.24. The predicted octanol–water partition coefficient (Wildman–Crippen LogP) is 1.07. The van der Waals surface area contributed by atoms with Crippen LogP contribution in [0.3, 0.4) is 0 Å². The lowest BCUT2D eigenvalue weighted by Gasteiger charge is -2.25. The van der Waals surface area contributed by atoms with E-state index in [0.29, 0.717) is 6.61 Å². The minimum Gasteiger partial charge on any atom is -0.381 e. The first kappa shape index (κ1) is 14.7. The van der Waals surface area contributed by atoms with Gasteiger partial charge in [0.15, 0.2) is 0 Å². The average Bonchev–Trinajstić information content (AvgIpc) is 3.11. The molecule has 4 rings (SSSR count). The maximum absolute atomic E-state index is 12.6. The molecule has 2 atom stereocenters. The van der Waals surface area contributed by atoms with Crippen molar-refractivity contribution in [3.05, 3.63) is 17.7 Å². The van der Waals surface area contributed by atoms with Gasteiger partial charge in [0.2, 0.25) is 0 Å². The number of hydrogen-bond acceptors (Lipinski definition) is 4. The maximum Gasteiger partial charge on any atom is 0.325 e. The van der Waals surface area contributed by atoms with Gasteiger partial charge in [-0.1, -0.05) is 0 Å². The Bertz CT molecular complexity index is 597. The molecule has 7 nitrogen and oxygen atoms in total. The smallest absolute Gasteiger partial charge is 0.325 e. The molecule has 3 aliphatic heterocycles. The van der Waals surface area contributed by atoms with Crippen molar-refractivity contribution in [3.63, 3.8) is 0 Å². The second-order valence-corrected chi connectivity index (χ2v) is 6.63. The van der Waals surface area contributed by atoms with Crippen LogP contribution >= 0.6 is 0 Å². The van der Waals surface area contributed by atoms with E-state index in [9.17, 15) is 9.59 Å². The summed E-state index contributed by atoms with van der Waals surface area (Å²) >= 11 is 0. The van der Waals surface area contributed by atoms with Gasteiger partial charge in [-0.15, -0.1) is 0 Å². The van der Waals surface area contributed by atoms with Gasteiger partial charge in [-0.25, -0.2) is 9.78 Å². The van der Waals surface area contributed by atoms with Gasteiger partial charge in [-0.2, -0.15) is 0 Å². The number of fused-ring (bicyclic) bond motifs is 1. The first-order valence-electron chi connectivity index (χ1n) is 8.47. The first-order valence-corrected chi connectivity index (χ1v) is 8.47. The molecule has 0 bridgehead atoms. The Hall–Kier alpha value is -1.89. The van der Waals surface area contributed by atoms with E-state index in [-0.39, 0.29) is 24.4 Å². The molecular formula is C16H22N4O3. The molecule has 0 saturated carbocycles. The Kier molecular flexibility index (Phi) is 3.80. The summed E-state index contributed by atoms with van der Waals surface area (Å²) in [6.07, 6.45) is 7.13. The molecule has 3 amide bonds. The fourth-order valence-corrected chi connectivity index (χ4v) is 3.75. The minimum atomic E-state index is -0.444. The van der Waals surface area contributed by atoms with Crippen LogP contribution in [0, 0.1) is 5.92 Å². The summed E-state index contributed by atoms with van der Waals surface area (Å²) in [4.78, 5) is 30.7. The van der Waals surface area contributed by atoms with E-state index in [2.05, 4.69) is 14.9 Å². The Morgan fingerprint density at radius 3 is 3.00 bits per heavy atom. The van der Waals surface area contributed by atoms with E-state index in [1.165, 1.54) is 4.90 Å². The number of imidazole rings is 1. The summed E-state index contributed by atoms with van der Waals surface area (Å²) in [7, 11) is 0. The van der Waals surface area contributed by atoms with E-state index < -0.39 is 6.04 Å². The monoisotopic (exact) mass is 318 g/mol. The lowest BCUT2D eigenvalue weighted by molar-refractivity contribution is -0.130. The second-order valence-electron chi connectivity index (χ2n) is 6.63. The number of aryl methyl sites for hydroxylation is 2. The van der Waals surface area contributed by atoms with Crippen LogP contribution < -0.4 is 5.32 Å². The van der Waals surface area contributed by atoms with Crippen LogP contribution in [0.2, 0.25) is 0 Å². The average molecular weight is 318 g/mol. The number of amides is 3. The fraction of sp³-hybridized carbons (Fsp3) is 0.688. The minimum absolute atomic E-state index is 0.0837. The van der Waals surface area contributed by atoms with Crippen LogP contribution in [-0.4, -0.2) is 45.6 Å². The lowest BCUT2D eigenvalue weighted by atomic mass is 9.94. The highest BCUT2D eigenvalue weighted by Gasteiger charge is 2.43. The van der Waals surface area contributed by atoms with Crippen LogP contribution in [0.15, 0.2) is 6.20 Å². The van der Waals surface area contributed by atoms with Crippen molar-refractivity contribution >= 4 is 11.9 Å². The molecule has 1 N–H and O–H groups in total. The number of imide groups is 1. The Morgan fingerprint density at radius 2 is 2.22 bits per heavy atom. The van der Waals surface area contributed by atoms with Crippen LogP contribution in [0.4, 0.5) is 4.79 Å². The summed E-state index contributed by atoms with van der Waals surface area (Å²) in [5.41, 5.74) is 0.797. The Morgan fingerprint density at radius 1 is 1.30 bits per heavy atom. The molecule has 124 valence electrons. The van der Waals surface area contributed by atoms with Crippen LogP contribution in [0.1, 0.15) is 37.2 Å². The van der Waals surface area contributed by atoms with Crippen LogP contribution in [-0.2, 0) is 29.0 Å². The quantitative estimate of drug-likeness (QED) is 0.846. The number of aromatic nitrogens is 2. The third kappa shape index (κ3) is 2.73. The Balaban J connectivity index is 1.47. The third-order valence-electron chi connectivity index (χ3n) is 5.00. The highest BCUT2D eigenvalue weighted by molar-refractivity contribution is 6.04. The van der Waals surface area contributed by atoms with Gasteiger partial charge in [0.1, 0.15) is 11.9 Å². The van der Waals surface area contributed by atoms with Crippen molar-refractivity contribution in [2.45, 2.75) is 51.2 Å². The molecule has 0 radical (unpaired) electrons. The lowest BCUT2D eigenvalue weighted by Crippen LogP contribution is -2.41. The Labute approximate surface area is 135 Å². The number of hydrogen-bond donors (Lipinski definition) is 1. The summed E-state index contributed by atoms with van der Waals surface area (Å²) in [6, 6.07) is -0.753. The van der Waals surface area contributed by atoms with E-state index in [0.717, 1.165) is 56.8 Å². The van der Waals surface area contributed by atoms with E-state index in [4.69, 9.17) is 4.74 Å². The van der Waals surface area contributed by atoms with Gasteiger partial charge in [0.05, 0.1) is 18.8 Å². The molecule has 23 heavy (non-hydrogen) atoms. The molecular weight excluding hydrogens is 296 g/mol. The predicted molar refractivity (Wildman–Crippen MR) is 81.6 cm³/mol. The van der Waals surface area contributed by atoms with Crippen molar-refractivity contribution in [1.29, 1.82) is 0 Å². The molecule has 7 heteroatoms. The molecule has 2 unspecified atom stereocenters. The summed E-state index contributed by atoms with van der Waals surface area (Å²) in [5.74, 6) is 1.01. The van der Waals surface area contributed by atoms with Crippen molar-refractivity contribution < 1.29 is 14.3 Å². The number of carbonyl (C=O) groups excluding carboxylic acids is 2. The normalized spacial score (nSPS) is 27.9. The largest absolute Gasteiger partial charge is 0.381 e. The molecule has 0 spiro atoms. The standard InChI is InChI=1S/C16H22N4O3/c21-15-14(11-4-3-7-23-10-11)18-16(22)20(15)9-12-8-19-6-2-1-5-13(19)17-12/h8,11,14H,1-7,9-10H2,(H,18,22). The van der Waals surface area contributed by atoms with Gasteiger partial charge in [-0.3, -0.25) is 9.69 Å². The molecule has 1 aromatic rings. The van der Waals surface area contributed by atoms with Crippen molar-refractivity contribution in [1.82, 2.24) is 19.8 Å². The molecule has 0 aliphatic carbocycles. The van der Waals surface area contributed by atoms with Gasteiger partial charge < -0.3 is 14.6 Å². The van der Waals surface area contributed by atoms with Gasteiger partial charge in [-0.05, 0) is 25.7 Å². The van der Waals surface area contributed by atoms with Crippen molar-refractivity contribution in [2.75, 3.05) is 13.2 Å². The topological polar surface area (TPSA) is 76.5 Å². The van der Waals surface area contributed by atoms with Gasteiger partial charge >= 0.3 is 6.03 Å². The van der Waals surface area contributed by atoms with E-state index in [1.807, 2.05) is 6.20 Å². The second kappa shape index (κ2) is 5.96. The zero-order valence-electron chi connectivity index (χ0n) is 13.2. The van der Waals surface area contributed by atoms with Crippen LogP contribution in [0.5, 0.6) is 0 Å². The highest BCUT2D eigenvalue weighted by atomic mass is 16.5. The summed E-state index contributed by atoms with van der Waals surface area (Å²) in [6.45, 7) is 2.53. The molecule has 2 fully saturated rings.